The van der Waals surface area contributed by atoms with E-state index in [1.807, 2.05) is 30.3 Å². The van der Waals surface area contributed by atoms with Gasteiger partial charge in [0.1, 0.15) is 12.2 Å². The molecule has 7 nitrogen and oxygen atoms in total. The predicted octanol–water partition coefficient (Wildman–Crippen LogP) is 4.09. The van der Waals surface area contributed by atoms with Gasteiger partial charge in [-0.25, -0.2) is 18.0 Å². The molecule has 2 heterocycles. The number of hydrogen-bond donors (Lipinski definition) is 0. The van der Waals surface area contributed by atoms with Crippen molar-refractivity contribution in [3.8, 4) is 0 Å². The molecule has 0 spiro atoms. The topological polar surface area (TPSA) is 93.9 Å². The quantitative estimate of drug-likeness (QED) is 0.251. The van der Waals surface area contributed by atoms with Crippen LogP contribution < -0.4 is 5.63 Å². The van der Waals surface area contributed by atoms with Gasteiger partial charge in [-0.3, -0.25) is 0 Å². The average molecular weight is 464 g/mol. The molecular weight excluding hydrogens is 442 g/mol. The Morgan fingerprint density at radius 2 is 1.70 bits per heavy atom. The molecule has 1 fully saturated rings. The Hall–Kier alpha value is -3.49. The van der Waals surface area contributed by atoms with E-state index in [2.05, 4.69) is 0 Å². The van der Waals surface area contributed by atoms with E-state index in [0.717, 1.165) is 23.6 Å². The molecular formula is C25H21NO6S. The van der Waals surface area contributed by atoms with E-state index in [4.69, 9.17) is 9.15 Å². The fourth-order valence-electron chi connectivity index (χ4n) is 4.20. The first-order valence-electron chi connectivity index (χ1n) is 10.7. The molecule has 33 heavy (non-hydrogen) atoms. The second kappa shape index (κ2) is 8.46. The van der Waals surface area contributed by atoms with Crippen LogP contribution in [-0.2, 0) is 21.4 Å². The molecule has 0 radical (unpaired) electrons. The maximum Gasteiger partial charge on any atom is 0.338 e. The SMILES string of the molecule is O=C(OCc1cc(=O)oc2ccc3ccccc3c12)c1ccc(S(=O)(=O)N2CCCC2)cc1. The summed E-state index contributed by atoms with van der Waals surface area (Å²) in [4.78, 5) is 24.8. The molecule has 1 aliphatic heterocycles. The lowest BCUT2D eigenvalue weighted by Crippen LogP contribution is -2.27. The number of esters is 1. The molecule has 0 N–H and O–H groups in total. The third-order valence-corrected chi connectivity index (χ3v) is 7.78. The van der Waals surface area contributed by atoms with E-state index < -0.39 is 21.6 Å². The molecule has 5 rings (SSSR count). The first-order chi connectivity index (χ1) is 15.9. The molecule has 0 aliphatic carbocycles. The van der Waals surface area contributed by atoms with Crippen molar-refractivity contribution in [2.45, 2.75) is 24.3 Å². The molecule has 0 amide bonds. The maximum absolute atomic E-state index is 12.7. The number of carbonyl (C=O) groups is 1. The summed E-state index contributed by atoms with van der Waals surface area (Å²) >= 11 is 0. The monoisotopic (exact) mass is 463 g/mol. The molecule has 3 aromatic carbocycles. The van der Waals surface area contributed by atoms with Gasteiger partial charge >= 0.3 is 11.6 Å². The summed E-state index contributed by atoms with van der Waals surface area (Å²) < 4.78 is 37.6. The second-order valence-corrected chi connectivity index (χ2v) is 9.90. The van der Waals surface area contributed by atoms with E-state index in [1.54, 1.807) is 6.07 Å². The molecule has 168 valence electrons. The maximum atomic E-state index is 12.7. The molecule has 0 atom stereocenters. The minimum atomic E-state index is -3.55. The van der Waals surface area contributed by atoms with Crippen molar-refractivity contribution < 1.29 is 22.4 Å². The molecule has 0 saturated carbocycles. The number of ether oxygens (including phenoxy) is 1. The number of rotatable bonds is 5. The van der Waals surface area contributed by atoms with Gasteiger partial charge in [-0.15, -0.1) is 0 Å². The summed E-state index contributed by atoms with van der Waals surface area (Å²) in [6, 6.07) is 18.3. The van der Waals surface area contributed by atoms with Crippen LogP contribution in [0, 0.1) is 0 Å². The van der Waals surface area contributed by atoms with Gasteiger partial charge in [0, 0.05) is 30.1 Å². The van der Waals surface area contributed by atoms with Crippen LogP contribution in [0.25, 0.3) is 21.7 Å². The lowest BCUT2D eigenvalue weighted by Gasteiger charge is -2.15. The van der Waals surface area contributed by atoms with Crippen molar-refractivity contribution in [3.63, 3.8) is 0 Å². The summed E-state index contributed by atoms with van der Waals surface area (Å²) in [7, 11) is -3.55. The van der Waals surface area contributed by atoms with Crippen molar-refractivity contribution in [1.29, 1.82) is 0 Å². The molecule has 1 aliphatic rings. The largest absolute Gasteiger partial charge is 0.457 e. The first-order valence-corrected chi connectivity index (χ1v) is 12.1. The van der Waals surface area contributed by atoms with E-state index in [-0.39, 0.29) is 17.1 Å². The van der Waals surface area contributed by atoms with Gasteiger partial charge in [0.05, 0.1) is 10.5 Å². The Morgan fingerprint density at radius 3 is 2.45 bits per heavy atom. The fraction of sp³-hybridized carbons (Fsp3) is 0.200. The number of sulfonamides is 1. The molecule has 8 heteroatoms. The summed E-state index contributed by atoms with van der Waals surface area (Å²) in [5.41, 5.74) is 0.663. The van der Waals surface area contributed by atoms with Gasteiger partial charge in [-0.2, -0.15) is 4.31 Å². The van der Waals surface area contributed by atoms with Gasteiger partial charge in [-0.05, 0) is 53.9 Å². The minimum Gasteiger partial charge on any atom is -0.457 e. The van der Waals surface area contributed by atoms with Gasteiger partial charge in [-0.1, -0.05) is 30.3 Å². The Labute approximate surface area is 190 Å². The highest BCUT2D eigenvalue weighted by molar-refractivity contribution is 7.89. The Kier molecular flexibility index (Phi) is 5.47. The Bertz CT molecular complexity index is 1520. The highest BCUT2D eigenvalue weighted by Crippen LogP contribution is 2.28. The van der Waals surface area contributed by atoms with E-state index in [0.29, 0.717) is 29.6 Å². The summed E-state index contributed by atoms with van der Waals surface area (Å²) in [5.74, 6) is -0.609. The van der Waals surface area contributed by atoms with Crippen LogP contribution in [0.2, 0.25) is 0 Å². The lowest BCUT2D eigenvalue weighted by atomic mass is 10.0. The Morgan fingerprint density at radius 1 is 0.970 bits per heavy atom. The first kappa shape index (κ1) is 21.4. The van der Waals surface area contributed by atoms with Crippen molar-refractivity contribution in [3.05, 3.63) is 88.3 Å². The van der Waals surface area contributed by atoms with Gasteiger partial charge in [0.15, 0.2) is 0 Å². The number of nitrogens with zero attached hydrogens (tertiary/aromatic N) is 1. The van der Waals surface area contributed by atoms with Crippen LogP contribution in [0.5, 0.6) is 0 Å². The minimum absolute atomic E-state index is 0.122. The molecule has 4 aromatic rings. The third-order valence-electron chi connectivity index (χ3n) is 5.87. The second-order valence-electron chi connectivity index (χ2n) is 7.96. The van der Waals surface area contributed by atoms with Crippen molar-refractivity contribution in [2.24, 2.45) is 0 Å². The number of benzene rings is 3. The lowest BCUT2D eigenvalue weighted by molar-refractivity contribution is 0.0473. The highest BCUT2D eigenvalue weighted by Gasteiger charge is 2.27. The van der Waals surface area contributed by atoms with Gasteiger partial charge in [0.25, 0.3) is 0 Å². The van der Waals surface area contributed by atoms with Gasteiger partial charge in [0.2, 0.25) is 10.0 Å². The zero-order valence-electron chi connectivity index (χ0n) is 17.7. The fourth-order valence-corrected chi connectivity index (χ4v) is 5.72. The van der Waals surface area contributed by atoms with E-state index >= 15 is 0 Å². The van der Waals surface area contributed by atoms with E-state index in [9.17, 15) is 18.0 Å². The molecule has 1 aromatic heterocycles. The zero-order chi connectivity index (χ0) is 23.0. The predicted molar refractivity (Wildman–Crippen MR) is 124 cm³/mol. The molecule has 1 saturated heterocycles. The standard InChI is InChI=1S/C25H21NO6S/c27-23-15-19(24-21-6-2-1-5-17(21)9-12-22(24)32-23)16-31-25(28)18-7-10-20(11-8-18)33(29,30)26-13-3-4-14-26/h1-2,5-12,15H,3-4,13-14,16H2. The summed E-state index contributed by atoms with van der Waals surface area (Å²) in [6.07, 6.45) is 1.71. The summed E-state index contributed by atoms with van der Waals surface area (Å²) in [5, 5.41) is 2.58. The van der Waals surface area contributed by atoms with Crippen LogP contribution in [-0.4, -0.2) is 31.8 Å². The van der Waals surface area contributed by atoms with Crippen LogP contribution in [0.1, 0.15) is 28.8 Å². The normalized spacial score (nSPS) is 14.7. The average Bonchev–Trinajstić information content (AvgIpc) is 3.38. The summed E-state index contributed by atoms with van der Waals surface area (Å²) in [6.45, 7) is 0.905. The van der Waals surface area contributed by atoms with Gasteiger partial charge < -0.3 is 9.15 Å². The zero-order valence-corrected chi connectivity index (χ0v) is 18.5. The highest BCUT2D eigenvalue weighted by atomic mass is 32.2. The molecule has 0 bridgehead atoms. The number of hydrogen-bond acceptors (Lipinski definition) is 6. The van der Waals surface area contributed by atoms with Crippen molar-refractivity contribution in [1.82, 2.24) is 4.31 Å². The number of carbonyl (C=O) groups excluding carboxylic acids is 1. The van der Waals surface area contributed by atoms with Crippen LogP contribution in [0.3, 0.4) is 0 Å². The smallest absolute Gasteiger partial charge is 0.338 e. The van der Waals surface area contributed by atoms with Crippen LogP contribution in [0.4, 0.5) is 0 Å². The van der Waals surface area contributed by atoms with E-state index in [1.165, 1.54) is 34.6 Å². The third kappa shape index (κ3) is 4.03. The van der Waals surface area contributed by atoms with Crippen LogP contribution in [0.15, 0.2) is 80.8 Å². The molecule has 0 unspecified atom stereocenters. The van der Waals surface area contributed by atoms with Crippen molar-refractivity contribution >= 4 is 37.7 Å². The van der Waals surface area contributed by atoms with Crippen molar-refractivity contribution in [2.75, 3.05) is 13.1 Å². The number of fused-ring (bicyclic) bond motifs is 3. The van der Waals surface area contributed by atoms with Crippen LogP contribution >= 0.6 is 0 Å². The Balaban J connectivity index is 1.39.